The molecule has 12 nitrogen and oxygen atoms in total. The van der Waals surface area contributed by atoms with Crippen molar-refractivity contribution in [1.82, 2.24) is 0 Å². The quantitative estimate of drug-likeness (QED) is 0.0258. The first-order chi connectivity index (χ1) is 30.0. The van der Waals surface area contributed by atoms with Gasteiger partial charge in [0, 0.05) is 12.8 Å². The van der Waals surface area contributed by atoms with Crippen molar-refractivity contribution in [3.8, 4) is 0 Å². The average molecular weight is 907 g/mol. The van der Waals surface area contributed by atoms with Crippen molar-refractivity contribution in [3.63, 3.8) is 0 Å². The van der Waals surface area contributed by atoms with Gasteiger partial charge in [-0.05, 0) is 12.8 Å². The first kappa shape index (κ1) is 58.7. The third-order valence-electron chi connectivity index (χ3n) is 12.2. The molecule has 0 bridgehead atoms. The van der Waals surface area contributed by atoms with E-state index in [-0.39, 0.29) is 19.4 Å². The number of hydrogen-bond donors (Lipinski definition) is 4. The predicted molar refractivity (Wildman–Crippen MR) is 247 cm³/mol. The van der Waals surface area contributed by atoms with Gasteiger partial charge in [-0.2, -0.15) is 8.42 Å². The molecule has 0 aromatic carbocycles. The molecule has 368 valence electrons. The van der Waals surface area contributed by atoms with Crippen LogP contribution in [0.3, 0.4) is 0 Å². The lowest BCUT2D eigenvalue weighted by Crippen LogP contribution is -2.60. The van der Waals surface area contributed by atoms with Crippen LogP contribution >= 0.6 is 0 Å². The van der Waals surface area contributed by atoms with Crippen molar-refractivity contribution in [1.29, 1.82) is 0 Å². The van der Waals surface area contributed by atoms with Crippen molar-refractivity contribution in [2.24, 2.45) is 0 Å². The van der Waals surface area contributed by atoms with Gasteiger partial charge < -0.3 is 34.3 Å². The lowest BCUT2D eigenvalue weighted by atomic mass is 10.00. The standard InChI is InChI=1S/C49H94O12S/c1-3-5-7-9-11-13-15-17-18-19-20-21-22-23-24-26-28-30-32-34-36-38-45(51)60-42(40-59-49-48(54)47(53)46(52)43(61-49)41-62(55,56)57)39-58-44(50)37-35-33-31-29-27-25-16-14-12-10-8-6-4-2/h42-43,46-49,52-54H,3-41H2,1-2H3,(H,55,56,57)/t42-,43-,46-,47?,48?,49+/m1/s1. The van der Waals surface area contributed by atoms with Gasteiger partial charge in [-0.15, -0.1) is 0 Å². The van der Waals surface area contributed by atoms with Crippen LogP contribution in [0.4, 0.5) is 0 Å². The molecule has 1 heterocycles. The summed E-state index contributed by atoms with van der Waals surface area (Å²) in [6.45, 7) is 3.80. The maximum atomic E-state index is 12.9. The molecule has 0 aliphatic carbocycles. The van der Waals surface area contributed by atoms with E-state index in [1.165, 1.54) is 167 Å². The summed E-state index contributed by atoms with van der Waals surface area (Å²) in [4.78, 5) is 25.5. The summed E-state index contributed by atoms with van der Waals surface area (Å²) in [5, 5.41) is 30.9. The number of carbonyl (C=O) groups excluding carboxylic acids is 2. The average Bonchev–Trinajstić information content (AvgIpc) is 3.24. The van der Waals surface area contributed by atoms with Crippen LogP contribution in [-0.2, 0) is 38.7 Å². The molecule has 0 spiro atoms. The predicted octanol–water partition coefficient (Wildman–Crippen LogP) is 11.2. The molecule has 0 radical (unpaired) electrons. The largest absolute Gasteiger partial charge is 0.462 e. The molecule has 13 heteroatoms. The molecule has 1 rings (SSSR count). The number of esters is 2. The summed E-state index contributed by atoms with van der Waals surface area (Å²) in [7, 11) is -4.60. The summed E-state index contributed by atoms with van der Waals surface area (Å²) < 4.78 is 54.2. The summed E-state index contributed by atoms with van der Waals surface area (Å²) in [6.07, 6.45) is 32.9. The highest BCUT2D eigenvalue weighted by atomic mass is 32.2. The molecule has 4 N–H and O–H groups in total. The summed E-state index contributed by atoms with van der Waals surface area (Å²) in [5.41, 5.74) is 0. The van der Waals surface area contributed by atoms with Crippen LogP contribution in [0, 0.1) is 0 Å². The SMILES string of the molecule is CCCCCCCCCCCCCCCCCCCCCCCC(=O)O[C@H](COC(=O)CCCCCCCCCCCCCCC)CO[C@H]1O[C@H](CS(=O)(=O)O)[C@@H](O)C(O)C1O. The second-order valence-corrected chi connectivity index (χ2v) is 19.7. The Hall–Kier alpha value is -1.35. The van der Waals surface area contributed by atoms with Gasteiger partial charge in [-0.3, -0.25) is 14.1 Å². The highest BCUT2D eigenvalue weighted by Gasteiger charge is 2.46. The zero-order valence-electron chi connectivity index (χ0n) is 39.5. The first-order valence-electron chi connectivity index (χ1n) is 25.6. The fourth-order valence-electron chi connectivity index (χ4n) is 8.21. The van der Waals surface area contributed by atoms with Crippen molar-refractivity contribution < 1.29 is 56.8 Å². The Labute approximate surface area is 378 Å². The van der Waals surface area contributed by atoms with E-state index in [9.17, 15) is 37.9 Å². The van der Waals surface area contributed by atoms with Crippen LogP contribution < -0.4 is 0 Å². The van der Waals surface area contributed by atoms with E-state index in [1.54, 1.807) is 0 Å². The van der Waals surface area contributed by atoms with Crippen LogP contribution in [-0.4, -0.2) is 96.0 Å². The van der Waals surface area contributed by atoms with Crippen LogP contribution in [0.5, 0.6) is 0 Å². The van der Waals surface area contributed by atoms with Crippen LogP contribution in [0.25, 0.3) is 0 Å². The second-order valence-electron chi connectivity index (χ2n) is 18.2. The fraction of sp³-hybridized carbons (Fsp3) is 0.959. The summed E-state index contributed by atoms with van der Waals surface area (Å²) >= 11 is 0. The van der Waals surface area contributed by atoms with Gasteiger partial charge in [0.2, 0.25) is 0 Å². The molecule has 1 saturated heterocycles. The van der Waals surface area contributed by atoms with Gasteiger partial charge in [-0.1, -0.05) is 219 Å². The zero-order chi connectivity index (χ0) is 45.5. The van der Waals surface area contributed by atoms with Gasteiger partial charge in [-0.25, -0.2) is 0 Å². The minimum atomic E-state index is -4.60. The van der Waals surface area contributed by atoms with Crippen molar-refractivity contribution in [3.05, 3.63) is 0 Å². The molecular formula is C49H94O12S. The number of carbonyl (C=O) groups is 2. The van der Waals surface area contributed by atoms with E-state index in [2.05, 4.69) is 13.8 Å². The Kier molecular flexibility index (Phi) is 37.8. The Morgan fingerprint density at radius 3 is 1.18 bits per heavy atom. The molecule has 2 unspecified atom stereocenters. The lowest BCUT2D eigenvalue weighted by Gasteiger charge is -2.40. The molecular weight excluding hydrogens is 813 g/mol. The van der Waals surface area contributed by atoms with E-state index in [1.807, 2.05) is 0 Å². The Balaban J connectivity index is 2.34. The smallest absolute Gasteiger partial charge is 0.306 e. The molecule has 6 atom stereocenters. The topological polar surface area (TPSA) is 186 Å². The van der Waals surface area contributed by atoms with E-state index in [0.29, 0.717) is 12.8 Å². The molecule has 0 aromatic rings. The third-order valence-corrected chi connectivity index (χ3v) is 12.9. The molecule has 0 amide bonds. The van der Waals surface area contributed by atoms with E-state index < -0.39 is 71.2 Å². The molecule has 0 aromatic heterocycles. The minimum absolute atomic E-state index is 0.173. The number of ether oxygens (including phenoxy) is 4. The number of aliphatic hydroxyl groups excluding tert-OH is 3. The van der Waals surface area contributed by atoms with Gasteiger partial charge >= 0.3 is 11.9 Å². The minimum Gasteiger partial charge on any atom is -0.462 e. The summed E-state index contributed by atoms with van der Waals surface area (Å²) in [6, 6.07) is 0. The third kappa shape index (κ3) is 34.1. The fourth-order valence-corrected chi connectivity index (χ4v) is 8.90. The van der Waals surface area contributed by atoms with E-state index in [4.69, 9.17) is 18.9 Å². The molecule has 1 aliphatic rings. The van der Waals surface area contributed by atoms with Crippen molar-refractivity contribution >= 4 is 22.1 Å². The number of unbranched alkanes of at least 4 members (excludes halogenated alkanes) is 32. The highest BCUT2D eigenvalue weighted by Crippen LogP contribution is 2.24. The second kappa shape index (κ2) is 40.0. The Bertz CT molecular complexity index is 1150. The van der Waals surface area contributed by atoms with Crippen LogP contribution in [0.1, 0.15) is 245 Å². The molecule has 62 heavy (non-hydrogen) atoms. The molecule has 0 saturated carbocycles. The zero-order valence-corrected chi connectivity index (χ0v) is 40.3. The Morgan fingerprint density at radius 2 is 0.823 bits per heavy atom. The van der Waals surface area contributed by atoms with Gasteiger partial charge in [0.15, 0.2) is 12.4 Å². The van der Waals surface area contributed by atoms with Crippen molar-refractivity contribution in [2.75, 3.05) is 19.0 Å². The highest BCUT2D eigenvalue weighted by molar-refractivity contribution is 7.85. The van der Waals surface area contributed by atoms with Crippen molar-refractivity contribution in [2.45, 2.75) is 282 Å². The van der Waals surface area contributed by atoms with Crippen LogP contribution in [0.2, 0.25) is 0 Å². The van der Waals surface area contributed by atoms with E-state index >= 15 is 0 Å². The lowest BCUT2D eigenvalue weighted by molar-refractivity contribution is -0.297. The number of rotatable bonds is 44. The maximum absolute atomic E-state index is 12.9. The molecule has 1 aliphatic heterocycles. The summed E-state index contributed by atoms with van der Waals surface area (Å²) in [5.74, 6) is -1.96. The van der Waals surface area contributed by atoms with Gasteiger partial charge in [0.1, 0.15) is 36.8 Å². The van der Waals surface area contributed by atoms with E-state index in [0.717, 1.165) is 38.5 Å². The van der Waals surface area contributed by atoms with Gasteiger partial charge in [0.05, 0.1) is 6.61 Å². The maximum Gasteiger partial charge on any atom is 0.306 e. The Morgan fingerprint density at radius 1 is 0.484 bits per heavy atom. The number of hydrogen-bond acceptors (Lipinski definition) is 11. The monoisotopic (exact) mass is 907 g/mol. The first-order valence-corrected chi connectivity index (χ1v) is 27.2. The normalized spacial score (nSPS) is 19.7. The number of aliphatic hydroxyl groups is 3. The van der Waals surface area contributed by atoms with Crippen LogP contribution in [0.15, 0.2) is 0 Å². The van der Waals surface area contributed by atoms with Gasteiger partial charge in [0.25, 0.3) is 10.1 Å². The molecule has 1 fully saturated rings.